The number of ether oxygens (including phenoxy) is 1. The van der Waals surface area contributed by atoms with Gasteiger partial charge in [0, 0.05) is 12.6 Å². The molecule has 0 aliphatic carbocycles. The maximum atomic E-state index is 13.7. The Bertz CT molecular complexity index is 645. The normalized spacial score (nSPS) is 9.95. The second kappa shape index (κ2) is 6.92. The zero-order valence-electron chi connectivity index (χ0n) is 10.9. The summed E-state index contributed by atoms with van der Waals surface area (Å²) in [4.78, 5) is 4.08. The molecule has 1 aromatic carbocycles. The Morgan fingerprint density at radius 2 is 2.30 bits per heavy atom. The summed E-state index contributed by atoms with van der Waals surface area (Å²) in [7, 11) is 0. The van der Waals surface area contributed by atoms with Crippen molar-refractivity contribution in [2.24, 2.45) is 0 Å². The monoisotopic (exact) mass is 293 g/mol. The summed E-state index contributed by atoms with van der Waals surface area (Å²) in [6.45, 7) is 2.90. The average Bonchev–Trinajstić information content (AvgIpc) is 2.91. The zero-order chi connectivity index (χ0) is 14.4. The number of hydrogen-bond donors (Lipinski definition) is 0. The van der Waals surface area contributed by atoms with E-state index in [4.69, 9.17) is 16.3 Å². The van der Waals surface area contributed by atoms with Gasteiger partial charge in [-0.05, 0) is 19.1 Å². The highest BCUT2D eigenvalue weighted by Crippen LogP contribution is 2.17. The van der Waals surface area contributed by atoms with Gasteiger partial charge in [-0.25, -0.2) is 14.1 Å². The highest BCUT2D eigenvalue weighted by molar-refractivity contribution is 6.19. The van der Waals surface area contributed by atoms with Gasteiger partial charge in [-0.3, -0.25) is 0 Å². The topological polar surface area (TPSA) is 39.9 Å². The third-order valence-electron chi connectivity index (χ3n) is 2.59. The van der Waals surface area contributed by atoms with Crippen LogP contribution in [0.4, 0.5) is 4.39 Å². The molecule has 0 atom stereocenters. The van der Waals surface area contributed by atoms with Crippen LogP contribution in [0.3, 0.4) is 0 Å². The Morgan fingerprint density at radius 1 is 1.45 bits per heavy atom. The van der Waals surface area contributed by atoms with E-state index in [9.17, 15) is 4.39 Å². The number of aryl methyl sites for hydroxylation is 1. The van der Waals surface area contributed by atoms with E-state index in [1.165, 1.54) is 12.4 Å². The molecule has 2 rings (SSSR count). The molecule has 6 heteroatoms. The second-order valence-corrected chi connectivity index (χ2v) is 4.13. The van der Waals surface area contributed by atoms with Gasteiger partial charge in [0.15, 0.2) is 5.82 Å². The van der Waals surface area contributed by atoms with Crippen molar-refractivity contribution in [2.45, 2.75) is 20.1 Å². The number of aromatic nitrogens is 3. The van der Waals surface area contributed by atoms with Crippen molar-refractivity contribution in [3.8, 4) is 17.6 Å². The van der Waals surface area contributed by atoms with Gasteiger partial charge >= 0.3 is 0 Å². The van der Waals surface area contributed by atoms with Crippen LogP contribution in [-0.4, -0.2) is 20.6 Å². The average molecular weight is 294 g/mol. The predicted molar refractivity (Wildman–Crippen MR) is 74.0 cm³/mol. The quantitative estimate of drug-likeness (QED) is 0.642. The van der Waals surface area contributed by atoms with Crippen molar-refractivity contribution in [3.05, 3.63) is 41.7 Å². The van der Waals surface area contributed by atoms with Gasteiger partial charge in [0.05, 0.1) is 11.4 Å². The molecule has 0 bridgehead atoms. The summed E-state index contributed by atoms with van der Waals surface area (Å²) < 4.78 is 20.9. The molecular formula is C14H13ClFN3O. The fourth-order valence-corrected chi connectivity index (χ4v) is 1.69. The molecule has 0 aliphatic heterocycles. The molecule has 0 N–H and O–H groups in total. The molecule has 20 heavy (non-hydrogen) atoms. The van der Waals surface area contributed by atoms with Crippen LogP contribution < -0.4 is 4.74 Å². The van der Waals surface area contributed by atoms with Crippen LogP contribution in [0.5, 0.6) is 5.75 Å². The molecule has 1 heterocycles. The van der Waals surface area contributed by atoms with Gasteiger partial charge in [0.25, 0.3) is 0 Å². The first kappa shape index (κ1) is 14.4. The van der Waals surface area contributed by atoms with E-state index in [-0.39, 0.29) is 12.5 Å². The molecule has 0 fully saturated rings. The van der Waals surface area contributed by atoms with Crippen LogP contribution in [-0.2, 0) is 13.2 Å². The van der Waals surface area contributed by atoms with Gasteiger partial charge in [0.2, 0.25) is 0 Å². The predicted octanol–water partition coefficient (Wildman–Crippen LogP) is 2.61. The lowest BCUT2D eigenvalue weighted by molar-refractivity contribution is 0.286. The van der Waals surface area contributed by atoms with E-state index in [0.717, 1.165) is 0 Å². The Morgan fingerprint density at radius 3 is 3.00 bits per heavy atom. The summed E-state index contributed by atoms with van der Waals surface area (Å²) in [5.41, 5.74) is 0.301. The molecule has 0 unspecified atom stereocenters. The van der Waals surface area contributed by atoms with Crippen molar-refractivity contribution in [1.82, 2.24) is 14.8 Å². The van der Waals surface area contributed by atoms with Gasteiger partial charge in [-0.15, -0.1) is 11.6 Å². The van der Waals surface area contributed by atoms with Crippen LogP contribution in [0.2, 0.25) is 0 Å². The van der Waals surface area contributed by atoms with E-state index in [1.807, 2.05) is 6.92 Å². The first-order chi connectivity index (χ1) is 9.74. The Balaban J connectivity index is 2.05. The Labute approximate surface area is 121 Å². The molecule has 0 saturated carbocycles. The van der Waals surface area contributed by atoms with E-state index in [1.54, 1.807) is 16.8 Å². The van der Waals surface area contributed by atoms with Crippen molar-refractivity contribution in [3.63, 3.8) is 0 Å². The Kier molecular flexibility index (Phi) is 4.97. The highest BCUT2D eigenvalue weighted by atomic mass is 35.5. The summed E-state index contributed by atoms with van der Waals surface area (Å²) in [6.07, 6.45) is 1.47. The van der Waals surface area contributed by atoms with Crippen LogP contribution in [0, 0.1) is 17.7 Å². The number of alkyl halides is 1. The molecule has 104 valence electrons. The zero-order valence-corrected chi connectivity index (χ0v) is 11.7. The lowest BCUT2D eigenvalue weighted by Crippen LogP contribution is -2.07. The van der Waals surface area contributed by atoms with Gasteiger partial charge < -0.3 is 4.74 Å². The molecule has 0 aliphatic rings. The number of benzene rings is 1. The van der Waals surface area contributed by atoms with Crippen molar-refractivity contribution in [2.75, 3.05) is 5.88 Å². The molecule has 0 spiro atoms. The van der Waals surface area contributed by atoms with E-state index in [0.29, 0.717) is 23.7 Å². The lowest BCUT2D eigenvalue weighted by Gasteiger charge is -2.07. The summed E-state index contributed by atoms with van der Waals surface area (Å²) in [5.74, 6) is 6.10. The number of rotatable bonds is 4. The minimum atomic E-state index is -0.433. The standard InChI is InChI=1S/C14H13ClFN3O/c1-2-19-14(17-10-18-19)9-20-12-6-5-11(4-3-7-15)13(16)8-12/h5-6,8,10H,2,7,9H2,1H3. The summed E-state index contributed by atoms with van der Waals surface area (Å²) in [5, 5.41) is 4.03. The third-order valence-corrected chi connectivity index (χ3v) is 2.73. The van der Waals surface area contributed by atoms with Crippen molar-refractivity contribution in [1.29, 1.82) is 0 Å². The first-order valence-corrected chi connectivity index (χ1v) is 6.62. The maximum Gasteiger partial charge on any atom is 0.164 e. The van der Waals surface area contributed by atoms with Crippen LogP contribution in [0.15, 0.2) is 24.5 Å². The fraction of sp³-hybridized carbons (Fsp3) is 0.286. The Hall–Kier alpha value is -2.06. The van der Waals surface area contributed by atoms with Gasteiger partial charge in [-0.2, -0.15) is 5.10 Å². The number of nitrogens with zero attached hydrogens (tertiary/aromatic N) is 3. The maximum absolute atomic E-state index is 13.7. The highest BCUT2D eigenvalue weighted by Gasteiger charge is 2.06. The van der Waals surface area contributed by atoms with E-state index < -0.39 is 5.82 Å². The van der Waals surface area contributed by atoms with Crippen molar-refractivity contribution >= 4 is 11.6 Å². The second-order valence-electron chi connectivity index (χ2n) is 3.86. The molecule has 0 saturated heterocycles. The summed E-state index contributed by atoms with van der Waals surface area (Å²) in [6, 6.07) is 4.52. The molecule has 2 aromatic rings. The first-order valence-electron chi connectivity index (χ1n) is 6.08. The lowest BCUT2D eigenvalue weighted by atomic mass is 10.2. The number of hydrogen-bond acceptors (Lipinski definition) is 3. The SMILES string of the molecule is CCn1ncnc1COc1ccc(C#CCCl)c(F)c1. The van der Waals surface area contributed by atoms with E-state index in [2.05, 4.69) is 21.9 Å². The molecule has 0 radical (unpaired) electrons. The summed E-state index contributed by atoms with van der Waals surface area (Å²) >= 11 is 5.43. The van der Waals surface area contributed by atoms with Crippen LogP contribution in [0.1, 0.15) is 18.3 Å². The third kappa shape index (κ3) is 3.49. The molecule has 4 nitrogen and oxygen atoms in total. The minimum absolute atomic E-state index is 0.171. The molecule has 0 amide bonds. The largest absolute Gasteiger partial charge is 0.486 e. The van der Waals surface area contributed by atoms with Gasteiger partial charge in [0.1, 0.15) is 24.5 Å². The number of halogens is 2. The van der Waals surface area contributed by atoms with Crippen LogP contribution in [0.25, 0.3) is 0 Å². The molecular weight excluding hydrogens is 281 g/mol. The fourth-order valence-electron chi connectivity index (χ4n) is 1.63. The van der Waals surface area contributed by atoms with Crippen molar-refractivity contribution < 1.29 is 9.13 Å². The molecule has 1 aromatic heterocycles. The minimum Gasteiger partial charge on any atom is -0.486 e. The van der Waals surface area contributed by atoms with Crippen LogP contribution >= 0.6 is 11.6 Å². The van der Waals surface area contributed by atoms with E-state index >= 15 is 0 Å². The smallest absolute Gasteiger partial charge is 0.164 e. The van der Waals surface area contributed by atoms with Gasteiger partial charge in [-0.1, -0.05) is 11.8 Å².